The Kier molecular flexibility index (Phi) is 6.81. The van der Waals surface area contributed by atoms with E-state index in [1.54, 1.807) is 0 Å². The van der Waals surface area contributed by atoms with E-state index in [9.17, 15) is 18.3 Å². The van der Waals surface area contributed by atoms with E-state index in [0.29, 0.717) is 11.6 Å². The number of phenols is 1. The van der Waals surface area contributed by atoms with Gasteiger partial charge in [0.2, 0.25) is 0 Å². The molecule has 0 aliphatic carbocycles. The van der Waals surface area contributed by atoms with Crippen molar-refractivity contribution in [3.63, 3.8) is 0 Å². The summed E-state index contributed by atoms with van der Waals surface area (Å²) in [6.45, 7) is 8.11. The largest absolute Gasteiger partial charge is 0.507 e. The van der Waals surface area contributed by atoms with Crippen molar-refractivity contribution >= 4 is 0 Å². The van der Waals surface area contributed by atoms with Gasteiger partial charge in [0.1, 0.15) is 5.75 Å². The van der Waals surface area contributed by atoms with Crippen LogP contribution in [0.15, 0.2) is 24.3 Å². The maximum absolute atomic E-state index is 12.8. The normalized spacial score (nSPS) is 13.2. The van der Waals surface area contributed by atoms with Crippen LogP contribution >= 0.6 is 0 Å². The number of benzene rings is 1. The molecule has 1 N–H and O–H groups in total. The van der Waals surface area contributed by atoms with Gasteiger partial charge in [-0.15, -0.1) is 5.10 Å². The number of aryl methyl sites for hydroxylation is 1. The summed E-state index contributed by atoms with van der Waals surface area (Å²) in [4.78, 5) is 2.28. The molecule has 1 aromatic carbocycles. The number of hydrogen-bond acceptors (Lipinski definition) is 4. The molecule has 27 heavy (non-hydrogen) atoms. The first-order valence-corrected chi connectivity index (χ1v) is 9.04. The predicted molar refractivity (Wildman–Crippen MR) is 99.5 cm³/mol. The van der Waals surface area contributed by atoms with Crippen molar-refractivity contribution in [3.8, 4) is 17.0 Å². The third-order valence-corrected chi connectivity index (χ3v) is 4.40. The van der Waals surface area contributed by atoms with Gasteiger partial charge in [-0.2, -0.15) is 18.3 Å². The van der Waals surface area contributed by atoms with Crippen molar-refractivity contribution < 1.29 is 18.3 Å². The van der Waals surface area contributed by atoms with E-state index < -0.39 is 17.5 Å². The zero-order valence-electron chi connectivity index (χ0n) is 16.1. The smallest absolute Gasteiger partial charge is 0.416 e. The minimum atomic E-state index is -4.50. The molecule has 0 amide bonds. The van der Waals surface area contributed by atoms with Gasteiger partial charge < -0.3 is 10.0 Å². The number of aromatic nitrogens is 2. The van der Waals surface area contributed by atoms with Crippen LogP contribution in [0.3, 0.4) is 0 Å². The number of hydrogen-bond donors (Lipinski definition) is 1. The van der Waals surface area contributed by atoms with Gasteiger partial charge in [-0.05, 0) is 69.1 Å². The molecule has 0 saturated carbocycles. The summed E-state index contributed by atoms with van der Waals surface area (Å²) in [5, 5.41) is 18.4. The number of aromatic hydroxyl groups is 1. The second-order valence-electron chi connectivity index (χ2n) is 7.17. The van der Waals surface area contributed by atoms with E-state index in [0.717, 1.165) is 49.3 Å². The summed E-state index contributed by atoms with van der Waals surface area (Å²) in [5.41, 5.74) is 1.34. The van der Waals surface area contributed by atoms with E-state index in [-0.39, 0.29) is 5.56 Å². The highest BCUT2D eigenvalue weighted by atomic mass is 19.4. The molecule has 2 rings (SSSR count). The minimum Gasteiger partial charge on any atom is -0.507 e. The van der Waals surface area contributed by atoms with Crippen molar-refractivity contribution in [2.75, 3.05) is 20.1 Å². The van der Waals surface area contributed by atoms with Gasteiger partial charge in [-0.3, -0.25) is 0 Å². The molecule has 0 spiro atoms. The van der Waals surface area contributed by atoms with Crippen LogP contribution in [0, 0.1) is 12.8 Å². The predicted octanol–water partition coefficient (Wildman–Crippen LogP) is 4.70. The van der Waals surface area contributed by atoms with Crippen LogP contribution in [0.4, 0.5) is 13.2 Å². The molecular weight excluding hydrogens is 355 g/mol. The Labute approximate surface area is 158 Å². The summed E-state index contributed by atoms with van der Waals surface area (Å²) in [6, 6.07) is 4.78. The first-order chi connectivity index (χ1) is 12.6. The number of nitrogens with zero attached hydrogens (tertiary/aromatic N) is 3. The summed E-state index contributed by atoms with van der Waals surface area (Å²) >= 11 is 0. The topological polar surface area (TPSA) is 49.2 Å². The zero-order chi connectivity index (χ0) is 20.2. The maximum atomic E-state index is 12.8. The Balaban J connectivity index is 2.17. The van der Waals surface area contributed by atoms with Gasteiger partial charge >= 0.3 is 6.18 Å². The van der Waals surface area contributed by atoms with Crippen LogP contribution in [-0.2, 0) is 12.6 Å². The lowest BCUT2D eigenvalue weighted by Crippen LogP contribution is -2.26. The van der Waals surface area contributed by atoms with E-state index in [1.807, 2.05) is 13.0 Å². The van der Waals surface area contributed by atoms with Crippen molar-refractivity contribution in [1.29, 1.82) is 0 Å². The Morgan fingerprint density at radius 2 is 1.89 bits per heavy atom. The van der Waals surface area contributed by atoms with Gasteiger partial charge in [0.05, 0.1) is 17.0 Å². The zero-order valence-corrected chi connectivity index (χ0v) is 16.1. The van der Waals surface area contributed by atoms with Crippen molar-refractivity contribution in [1.82, 2.24) is 15.1 Å². The van der Waals surface area contributed by atoms with Gasteiger partial charge in [0.15, 0.2) is 0 Å². The van der Waals surface area contributed by atoms with Crippen molar-refractivity contribution in [2.45, 2.75) is 39.8 Å². The lowest BCUT2D eigenvalue weighted by atomic mass is 10.0. The molecule has 4 nitrogen and oxygen atoms in total. The molecule has 0 fully saturated rings. The molecule has 1 atom stereocenters. The Morgan fingerprint density at radius 3 is 2.44 bits per heavy atom. The summed E-state index contributed by atoms with van der Waals surface area (Å²) in [5.74, 6) is -0.0508. The monoisotopic (exact) mass is 381 g/mol. The van der Waals surface area contributed by atoms with Crippen molar-refractivity contribution in [3.05, 3.63) is 41.1 Å². The average Bonchev–Trinajstić information content (AvgIpc) is 2.54. The Hall–Kier alpha value is -2.15. The number of rotatable bonds is 7. The second-order valence-corrected chi connectivity index (χ2v) is 7.17. The van der Waals surface area contributed by atoms with E-state index in [4.69, 9.17) is 0 Å². The fourth-order valence-electron chi connectivity index (χ4n) is 3.24. The molecule has 148 valence electrons. The highest BCUT2D eigenvalue weighted by Gasteiger charge is 2.31. The standard InChI is InChI=1S/C20H26F3N3O/c1-5-8-26(4)12-13(2)9-16-10-14(3)19(25-24-16)17-7-6-15(11-18(17)27)20(21,22)23/h6-7,10-11,13,27H,5,8-9,12H2,1-4H3. The molecule has 1 heterocycles. The highest BCUT2D eigenvalue weighted by molar-refractivity contribution is 5.69. The van der Waals surface area contributed by atoms with Crippen molar-refractivity contribution in [2.24, 2.45) is 5.92 Å². The second kappa shape index (κ2) is 8.69. The first-order valence-electron chi connectivity index (χ1n) is 9.04. The molecule has 0 aliphatic heterocycles. The molecule has 7 heteroatoms. The van der Waals surface area contributed by atoms with E-state index in [1.165, 1.54) is 6.07 Å². The molecule has 0 aliphatic rings. The minimum absolute atomic E-state index is 0.246. The van der Waals surface area contributed by atoms with Gasteiger partial charge in [-0.25, -0.2) is 0 Å². The first kappa shape index (κ1) is 21.2. The van der Waals surface area contributed by atoms with Gasteiger partial charge in [0.25, 0.3) is 0 Å². The molecule has 1 unspecified atom stereocenters. The molecule has 0 radical (unpaired) electrons. The van der Waals surface area contributed by atoms with Crippen LogP contribution in [0.1, 0.15) is 37.1 Å². The Morgan fingerprint density at radius 1 is 1.19 bits per heavy atom. The number of alkyl halides is 3. The van der Waals surface area contributed by atoms with Crippen LogP contribution in [-0.4, -0.2) is 40.3 Å². The van der Waals surface area contributed by atoms with Crippen LogP contribution in [0.5, 0.6) is 5.75 Å². The molecule has 1 aromatic heterocycles. The summed E-state index contributed by atoms with van der Waals surface area (Å²) in [6.07, 6.45) is -2.63. The van der Waals surface area contributed by atoms with Gasteiger partial charge in [0, 0.05) is 12.1 Å². The van der Waals surface area contributed by atoms with E-state index >= 15 is 0 Å². The van der Waals surface area contributed by atoms with Crippen LogP contribution in [0.25, 0.3) is 11.3 Å². The number of halogens is 3. The van der Waals surface area contributed by atoms with Gasteiger partial charge in [-0.1, -0.05) is 13.8 Å². The molecule has 0 saturated heterocycles. The van der Waals surface area contributed by atoms with E-state index in [2.05, 4.69) is 36.0 Å². The number of phenolic OH excluding ortho intramolecular Hbond substituents is 1. The maximum Gasteiger partial charge on any atom is 0.416 e. The third-order valence-electron chi connectivity index (χ3n) is 4.40. The average molecular weight is 381 g/mol. The third kappa shape index (κ3) is 5.66. The van der Waals surface area contributed by atoms with Crippen LogP contribution in [0.2, 0.25) is 0 Å². The lowest BCUT2D eigenvalue weighted by molar-refractivity contribution is -0.137. The SMILES string of the molecule is CCCN(C)CC(C)Cc1cc(C)c(-c2ccc(C(F)(F)F)cc2O)nn1. The molecular formula is C20H26F3N3O. The lowest BCUT2D eigenvalue weighted by Gasteiger charge is -2.20. The summed E-state index contributed by atoms with van der Waals surface area (Å²) in [7, 11) is 2.09. The fraction of sp³-hybridized carbons (Fsp3) is 0.500. The van der Waals surface area contributed by atoms with Crippen LogP contribution < -0.4 is 0 Å². The fourth-order valence-corrected chi connectivity index (χ4v) is 3.24. The highest BCUT2D eigenvalue weighted by Crippen LogP contribution is 2.36. The molecule has 0 bridgehead atoms. The summed E-state index contributed by atoms with van der Waals surface area (Å²) < 4.78 is 38.3. The Bertz CT molecular complexity index is 778. The quantitative estimate of drug-likeness (QED) is 0.755. The molecule has 2 aromatic rings.